The van der Waals surface area contributed by atoms with Crippen molar-refractivity contribution in [3.8, 4) is 0 Å². The predicted molar refractivity (Wildman–Crippen MR) is 83.8 cm³/mol. The van der Waals surface area contributed by atoms with E-state index in [9.17, 15) is 13.6 Å². The molecule has 0 aromatic heterocycles. The van der Waals surface area contributed by atoms with E-state index in [0.717, 1.165) is 5.56 Å². The number of carbonyl (C=O) groups excluding carboxylic acids is 1. The topological polar surface area (TPSA) is 17.1 Å². The van der Waals surface area contributed by atoms with Crippen LogP contribution in [0.3, 0.4) is 0 Å². The number of benzene rings is 1. The molecule has 0 amide bonds. The van der Waals surface area contributed by atoms with Crippen molar-refractivity contribution >= 4 is 17.4 Å². The molecule has 0 aliphatic carbocycles. The van der Waals surface area contributed by atoms with Crippen LogP contribution in [0.5, 0.6) is 0 Å². The van der Waals surface area contributed by atoms with E-state index in [1.807, 2.05) is 53.7 Å². The lowest BCUT2D eigenvalue weighted by Gasteiger charge is -2.23. The number of hydrogen-bond donors (Lipinski definition) is 0. The first-order valence-electron chi connectivity index (χ1n) is 7.26. The van der Waals surface area contributed by atoms with E-state index in [0.29, 0.717) is 11.1 Å². The van der Waals surface area contributed by atoms with E-state index in [-0.39, 0.29) is 23.3 Å². The Morgan fingerprint density at radius 3 is 1.57 bits per heavy atom. The van der Waals surface area contributed by atoms with Gasteiger partial charge in [0.2, 0.25) is 5.78 Å². The van der Waals surface area contributed by atoms with E-state index in [1.165, 1.54) is 0 Å². The second kappa shape index (κ2) is 6.43. The van der Waals surface area contributed by atoms with Gasteiger partial charge in [0.1, 0.15) is 0 Å². The number of alkyl halides is 3. The molecule has 4 heteroatoms. The van der Waals surface area contributed by atoms with Crippen LogP contribution in [0.25, 0.3) is 0 Å². The SMILES string of the molecule is CC(C)c1cc(C(C)C)c(C(=O)C(F)(F)Cl)c(C(C)C)c1. The summed E-state index contributed by atoms with van der Waals surface area (Å²) in [6.45, 7) is 11.7. The third-order valence-electron chi connectivity index (χ3n) is 3.62. The van der Waals surface area contributed by atoms with Gasteiger partial charge < -0.3 is 0 Å². The first-order valence-corrected chi connectivity index (χ1v) is 7.63. The molecule has 0 saturated heterocycles. The second-order valence-corrected chi connectivity index (χ2v) is 6.84. The lowest BCUT2D eigenvalue weighted by molar-refractivity contribution is 0.0533. The Labute approximate surface area is 130 Å². The molecule has 0 unspecified atom stereocenters. The minimum Gasteiger partial charge on any atom is -0.286 e. The highest BCUT2D eigenvalue weighted by molar-refractivity contribution is 6.35. The Morgan fingerprint density at radius 2 is 1.33 bits per heavy atom. The first kappa shape index (κ1) is 18.1. The average Bonchev–Trinajstić information content (AvgIpc) is 2.34. The van der Waals surface area contributed by atoms with Gasteiger partial charge in [-0.1, -0.05) is 53.7 Å². The number of carbonyl (C=O) groups is 1. The van der Waals surface area contributed by atoms with Gasteiger partial charge in [-0.2, -0.15) is 8.78 Å². The molecule has 0 saturated carbocycles. The molecule has 0 atom stereocenters. The predicted octanol–water partition coefficient (Wildman–Crippen LogP) is 6.07. The van der Waals surface area contributed by atoms with Crippen molar-refractivity contribution in [3.05, 3.63) is 34.4 Å². The van der Waals surface area contributed by atoms with Crippen LogP contribution in [-0.4, -0.2) is 11.2 Å². The Morgan fingerprint density at radius 1 is 0.952 bits per heavy atom. The lowest BCUT2D eigenvalue weighted by atomic mass is 9.83. The molecule has 0 N–H and O–H groups in total. The molecule has 0 bridgehead atoms. The molecule has 118 valence electrons. The highest BCUT2D eigenvalue weighted by Gasteiger charge is 2.39. The van der Waals surface area contributed by atoms with Gasteiger partial charge in [0.25, 0.3) is 0 Å². The number of rotatable bonds is 5. The van der Waals surface area contributed by atoms with Crippen LogP contribution in [0, 0.1) is 0 Å². The van der Waals surface area contributed by atoms with Gasteiger partial charge in [0, 0.05) is 5.56 Å². The van der Waals surface area contributed by atoms with Crippen molar-refractivity contribution in [2.24, 2.45) is 0 Å². The summed E-state index contributed by atoms with van der Waals surface area (Å²) in [4.78, 5) is 12.1. The Bertz CT molecular complexity index is 499. The number of ketones is 1. The summed E-state index contributed by atoms with van der Waals surface area (Å²) < 4.78 is 26.7. The van der Waals surface area contributed by atoms with Crippen molar-refractivity contribution in [2.45, 2.75) is 64.7 Å². The van der Waals surface area contributed by atoms with E-state index in [4.69, 9.17) is 11.6 Å². The third kappa shape index (κ3) is 4.03. The minimum atomic E-state index is -3.87. The van der Waals surface area contributed by atoms with Gasteiger partial charge in [-0.25, -0.2) is 0 Å². The molecule has 0 fully saturated rings. The maximum absolute atomic E-state index is 13.4. The van der Waals surface area contributed by atoms with Crippen molar-refractivity contribution in [1.82, 2.24) is 0 Å². The summed E-state index contributed by atoms with van der Waals surface area (Å²) in [6, 6.07) is 3.72. The monoisotopic (exact) mass is 316 g/mol. The molecule has 1 aromatic rings. The molecule has 0 aliphatic heterocycles. The van der Waals surface area contributed by atoms with Gasteiger partial charge >= 0.3 is 5.38 Å². The van der Waals surface area contributed by atoms with Crippen LogP contribution in [0.2, 0.25) is 0 Å². The summed E-state index contributed by atoms with van der Waals surface area (Å²) in [7, 11) is 0. The fourth-order valence-corrected chi connectivity index (χ4v) is 2.45. The Kier molecular flexibility index (Phi) is 5.54. The number of halogens is 3. The Balaban J connectivity index is 3.70. The first-order chi connectivity index (χ1) is 9.46. The molecule has 1 rings (SSSR count). The zero-order valence-electron chi connectivity index (χ0n) is 13.4. The summed E-state index contributed by atoms with van der Waals surface area (Å²) in [5, 5.41) is -3.87. The number of Topliss-reactive ketones (excluding diaryl/α,β-unsaturated/α-hetero) is 1. The molecule has 0 radical (unpaired) electrons. The van der Waals surface area contributed by atoms with Gasteiger partial charge in [0.15, 0.2) is 0 Å². The molecule has 1 nitrogen and oxygen atoms in total. The van der Waals surface area contributed by atoms with Crippen LogP contribution in [-0.2, 0) is 0 Å². The highest BCUT2D eigenvalue weighted by atomic mass is 35.5. The van der Waals surface area contributed by atoms with Crippen LogP contribution < -0.4 is 0 Å². The van der Waals surface area contributed by atoms with E-state index < -0.39 is 11.2 Å². The molecule has 0 aliphatic rings. The summed E-state index contributed by atoms with van der Waals surface area (Å²) in [5.41, 5.74) is 2.44. The quantitative estimate of drug-likeness (QED) is 0.476. The smallest absolute Gasteiger partial charge is 0.286 e. The van der Waals surface area contributed by atoms with Crippen LogP contribution in [0.15, 0.2) is 12.1 Å². The lowest BCUT2D eigenvalue weighted by Crippen LogP contribution is -2.25. The van der Waals surface area contributed by atoms with Crippen molar-refractivity contribution in [1.29, 1.82) is 0 Å². The average molecular weight is 317 g/mol. The van der Waals surface area contributed by atoms with Gasteiger partial charge in [-0.3, -0.25) is 4.79 Å². The summed E-state index contributed by atoms with van der Waals surface area (Å²) >= 11 is 4.99. The van der Waals surface area contributed by atoms with E-state index >= 15 is 0 Å². The standard InChI is InChI=1S/C17H23ClF2O/c1-9(2)12-7-13(10(3)4)15(14(8-12)11(5)6)16(21)17(18,19)20/h7-11H,1-6H3. The molecule has 1 aromatic carbocycles. The maximum Gasteiger partial charge on any atom is 0.384 e. The van der Waals surface area contributed by atoms with E-state index in [2.05, 4.69) is 0 Å². The minimum absolute atomic E-state index is 0.0285. The van der Waals surface area contributed by atoms with Crippen molar-refractivity contribution in [2.75, 3.05) is 0 Å². The third-order valence-corrected chi connectivity index (χ3v) is 3.79. The van der Waals surface area contributed by atoms with E-state index in [1.54, 1.807) is 0 Å². The molecular formula is C17H23ClF2O. The zero-order valence-corrected chi connectivity index (χ0v) is 14.2. The molecular weight excluding hydrogens is 294 g/mol. The van der Waals surface area contributed by atoms with Gasteiger partial charge in [-0.15, -0.1) is 0 Å². The molecule has 0 spiro atoms. The van der Waals surface area contributed by atoms with Crippen molar-refractivity contribution < 1.29 is 13.6 Å². The molecule has 0 heterocycles. The van der Waals surface area contributed by atoms with Gasteiger partial charge in [-0.05, 0) is 46.0 Å². The van der Waals surface area contributed by atoms with Crippen molar-refractivity contribution in [3.63, 3.8) is 0 Å². The number of hydrogen-bond acceptors (Lipinski definition) is 1. The van der Waals surface area contributed by atoms with Crippen LogP contribution >= 0.6 is 11.6 Å². The van der Waals surface area contributed by atoms with Crippen LogP contribution in [0.1, 0.15) is 86.3 Å². The normalized spacial score (nSPS) is 12.6. The van der Waals surface area contributed by atoms with Crippen LogP contribution in [0.4, 0.5) is 8.78 Å². The fourth-order valence-electron chi connectivity index (χ4n) is 2.36. The second-order valence-electron chi connectivity index (χ2n) is 6.37. The largest absolute Gasteiger partial charge is 0.384 e. The summed E-state index contributed by atoms with van der Waals surface area (Å²) in [5.74, 6) is -1.09. The summed E-state index contributed by atoms with van der Waals surface area (Å²) in [6.07, 6.45) is 0. The Hall–Kier alpha value is -0.960. The highest BCUT2D eigenvalue weighted by Crippen LogP contribution is 2.36. The maximum atomic E-state index is 13.4. The molecule has 21 heavy (non-hydrogen) atoms. The zero-order chi connectivity index (χ0) is 16.5. The fraction of sp³-hybridized carbons (Fsp3) is 0.588. The van der Waals surface area contributed by atoms with Gasteiger partial charge in [0.05, 0.1) is 0 Å².